The number of benzene rings is 2. The molecule has 6 nitrogen and oxygen atoms in total. The van der Waals surface area contributed by atoms with E-state index in [1.54, 1.807) is 30.3 Å². The van der Waals surface area contributed by atoms with Crippen molar-refractivity contribution in [1.82, 2.24) is 4.83 Å². The molecule has 0 amide bonds. The summed E-state index contributed by atoms with van der Waals surface area (Å²) in [5, 5.41) is 14.2. The molecule has 25 heavy (non-hydrogen) atoms. The Morgan fingerprint density at radius 2 is 1.92 bits per heavy atom. The molecule has 2 rings (SSSR count). The summed E-state index contributed by atoms with van der Waals surface area (Å²) in [6.45, 7) is 2.02. The average Bonchev–Trinajstić information content (AvgIpc) is 2.63. The van der Waals surface area contributed by atoms with E-state index in [0.717, 1.165) is 12.8 Å². The van der Waals surface area contributed by atoms with Gasteiger partial charge < -0.3 is 9.84 Å². The summed E-state index contributed by atoms with van der Waals surface area (Å²) in [5.41, 5.74) is 0.904. The van der Waals surface area contributed by atoms with Gasteiger partial charge in [0.25, 0.3) is 10.0 Å². The molecule has 7 heteroatoms. The lowest BCUT2D eigenvalue weighted by atomic mass is 10.0. The topological polar surface area (TPSA) is 88.0 Å². The standard InChI is InChI=1S/C18H22N2O4S/c1-3-4-10-17(16-13-14(24-2)11-12-18(16)21)19-20-25(22,23)15-8-6-5-7-9-15/h5-9,11-13,20-21H,3-4,10H2,1-2H3. The van der Waals surface area contributed by atoms with Crippen LogP contribution in [0.4, 0.5) is 0 Å². The van der Waals surface area contributed by atoms with Gasteiger partial charge in [0.05, 0.1) is 17.7 Å². The molecule has 2 aromatic rings. The van der Waals surface area contributed by atoms with Crippen molar-refractivity contribution in [2.45, 2.75) is 31.1 Å². The van der Waals surface area contributed by atoms with E-state index in [4.69, 9.17) is 4.74 Å². The molecule has 2 N–H and O–H groups in total. The van der Waals surface area contributed by atoms with Crippen LogP contribution in [0.25, 0.3) is 0 Å². The Morgan fingerprint density at radius 1 is 1.20 bits per heavy atom. The van der Waals surface area contributed by atoms with E-state index in [0.29, 0.717) is 23.4 Å². The predicted octanol–water partition coefficient (Wildman–Crippen LogP) is 3.27. The molecular formula is C18H22N2O4S. The Hall–Kier alpha value is -2.54. The van der Waals surface area contributed by atoms with Crippen LogP contribution in [0.1, 0.15) is 31.7 Å². The van der Waals surface area contributed by atoms with Gasteiger partial charge in [-0.25, -0.2) is 0 Å². The Kier molecular flexibility index (Phi) is 6.41. The maximum absolute atomic E-state index is 12.3. The highest BCUT2D eigenvalue weighted by molar-refractivity contribution is 7.89. The molecule has 0 radical (unpaired) electrons. The van der Waals surface area contributed by atoms with Crippen LogP contribution in [0.15, 0.2) is 58.5 Å². The molecule has 0 saturated heterocycles. The number of phenols is 1. The molecule has 134 valence electrons. The molecule has 0 spiro atoms. The van der Waals surface area contributed by atoms with Crippen molar-refractivity contribution in [3.05, 3.63) is 54.1 Å². The van der Waals surface area contributed by atoms with Crippen LogP contribution in [0.3, 0.4) is 0 Å². The van der Waals surface area contributed by atoms with E-state index in [1.165, 1.54) is 25.3 Å². The van der Waals surface area contributed by atoms with Gasteiger partial charge in [-0.1, -0.05) is 31.5 Å². The third-order valence-electron chi connectivity index (χ3n) is 3.64. The zero-order valence-electron chi connectivity index (χ0n) is 14.3. The normalized spacial score (nSPS) is 12.0. The number of hydrogen-bond donors (Lipinski definition) is 2. The fraction of sp³-hybridized carbons (Fsp3) is 0.278. The van der Waals surface area contributed by atoms with Crippen molar-refractivity contribution in [1.29, 1.82) is 0 Å². The fourth-order valence-corrected chi connectivity index (χ4v) is 3.09. The van der Waals surface area contributed by atoms with Crippen LogP contribution in [-0.2, 0) is 10.0 Å². The molecule has 0 aromatic heterocycles. The van der Waals surface area contributed by atoms with E-state index < -0.39 is 10.0 Å². The molecule has 2 aromatic carbocycles. The number of rotatable bonds is 8. The van der Waals surface area contributed by atoms with Crippen molar-refractivity contribution in [3.8, 4) is 11.5 Å². The van der Waals surface area contributed by atoms with E-state index in [1.807, 2.05) is 6.92 Å². The van der Waals surface area contributed by atoms with Gasteiger partial charge in [0.15, 0.2) is 0 Å². The number of nitrogens with one attached hydrogen (secondary N) is 1. The minimum Gasteiger partial charge on any atom is -0.507 e. The fourth-order valence-electron chi connectivity index (χ4n) is 2.24. The van der Waals surface area contributed by atoms with Gasteiger partial charge in [0, 0.05) is 5.56 Å². The molecule has 0 fully saturated rings. The Labute approximate surface area is 148 Å². The average molecular weight is 362 g/mol. The molecule has 0 unspecified atom stereocenters. The van der Waals surface area contributed by atoms with Crippen LogP contribution in [-0.4, -0.2) is 26.3 Å². The Morgan fingerprint density at radius 3 is 2.56 bits per heavy atom. The number of sulfonamides is 1. The molecule has 0 saturated carbocycles. The molecule has 0 aliphatic heterocycles. The molecule has 0 bridgehead atoms. The van der Waals surface area contributed by atoms with Crippen molar-refractivity contribution in [2.24, 2.45) is 5.10 Å². The minimum atomic E-state index is -3.77. The number of unbranched alkanes of at least 4 members (excludes halogenated alkanes) is 1. The second-order valence-corrected chi connectivity index (χ2v) is 7.11. The summed E-state index contributed by atoms with van der Waals surface area (Å²) in [6, 6.07) is 12.8. The molecule has 0 aliphatic rings. The number of aromatic hydroxyl groups is 1. The summed E-state index contributed by atoms with van der Waals surface area (Å²) in [6.07, 6.45) is 2.24. The number of phenolic OH excluding ortho intramolecular Hbond substituents is 1. The number of methoxy groups -OCH3 is 1. The Bertz CT molecular complexity index is 833. The van der Waals surface area contributed by atoms with Crippen molar-refractivity contribution >= 4 is 15.7 Å². The number of ether oxygens (including phenoxy) is 1. The molecule has 0 heterocycles. The van der Waals surface area contributed by atoms with Gasteiger partial charge in [0.2, 0.25) is 0 Å². The first kappa shape index (κ1) is 18.8. The van der Waals surface area contributed by atoms with Gasteiger partial charge in [-0.05, 0) is 43.2 Å². The summed E-state index contributed by atoms with van der Waals surface area (Å²) >= 11 is 0. The smallest absolute Gasteiger partial charge is 0.276 e. The van der Waals surface area contributed by atoms with E-state index in [2.05, 4.69) is 9.93 Å². The molecular weight excluding hydrogens is 340 g/mol. The van der Waals surface area contributed by atoms with Crippen LogP contribution in [0.2, 0.25) is 0 Å². The first-order valence-corrected chi connectivity index (χ1v) is 9.47. The number of hydrazone groups is 1. The second-order valence-electron chi connectivity index (χ2n) is 5.45. The van der Waals surface area contributed by atoms with Crippen molar-refractivity contribution < 1.29 is 18.3 Å². The van der Waals surface area contributed by atoms with Crippen molar-refractivity contribution in [3.63, 3.8) is 0 Å². The molecule has 0 atom stereocenters. The highest BCUT2D eigenvalue weighted by Gasteiger charge is 2.15. The van der Waals surface area contributed by atoms with Gasteiger partial charge in [-0.3, -0.25) is 0 Å². The van der Waals surface area contributed by atoms with Crippen LogP contribution in [0, 0.1) is 0 Å². The van der Waals surface area contributed by atoms with E-state index >= 15 is 0 Å². The second kappa shape index (κ2) is 8.53. The number of nitrogens with zero attached hydrogens (tertiary/aromatic N) is 1. The summed E-state index contributed by atoms with van der Waals surface area (Å²) < 4.78 is 29.9. The van der Waals surface area contributed by atoms with Gasteiger partial charge in [-0.15, -0.1) is 0 Å². The predicted molar refractivity (Wildman–Crippen MR) is 97.5 cm³/mol. The van der Waals surface area contributed by atoms with E-state index in [-0.39, 0.29) is 10.6 Å². The first-order chi connectivity index (χ1) is 12.0. The van der Waals surface area contributed by atoms with Gasteiger partial charge in [0.1, 0.15) is 11.5 Å². The third kappa shape index (κ3) is 4.96. The van der Waals surface area contributed by atoms with Crippen molar-refractivity contribution in [2.75, 3.05) is 7.11 Å². The third-order valence-corrected chi connectivity index (χ3v) is 4.86. The number of hydrogen-bond acceptors (Lipinski definition) is 5. The van der Waals surface area contributed by atoms with Gasteiger partial charge >= 0.3 is 0 Å². The highest BCUT2D eigenvalue weighted by atomic mass is 32.2. The van der Waals surface area contributed by atoms with E-state index in [9.17, 15) is 13.5 Å². The zero-order chi connectivity index (χ0) is 18.3. The zero-order valence-corrected chi connectivity index (χ0v) is 15.1. The Balaban J connectivity index is 2.36. The van der Waals surface area contributed by atoms with Crippen LogP contribution < -0.4 is 9.57 Å². The quantitative estimate of drug-likeness (QED) is 0.557. The molecule has 0 aliphatic carbocycles. The van der Waals surface area contributed by atoms with Crippen LogP contribution >= 0.6 is 0 Å². The SMILES string of the molecule is CCCCC(=NNS(=O)(=O)c1ccccc1)c1cc(OC)ccc1O. The lowest BCUT2D eigenvalue weighted by Gasteiger charge is -2.11. The van der Waals surface area contributed by atoms with Crippen LogP contribution in [0.5, 0.6) is 11.5 Å². The summed E-state index contributed by atoms with van der Waals surface area (Å²) in [4.78, 5) is 2.38. The highest BCUT2D eigenvalue weighted by Crippen LogP contribution is 2.25. The first-order valence-electron chi connectivity index (χ1n) is 7.98. The van der Waals surface area contributed by atoms with Gasteiger partial charge in [-0.2, -0.15) is 18.4 Å². The lowest BCUT2D eigenvalue weighted by Crippen LogP contribution is -2.20. The lowest BCUT2D eigenvalue weighted by molar-refractivity contribution is 0.412. The maximum atomic E-state index is 12.3. The minimum absolute atomic E-state index is 0.0227. The summed E-state index contributed by atoms with van der Waals surface area (Å²) in [7, 11) is -2.24. The monoisotopic (exact) mass is 362 g/mol. The largest absolute Gasteiger partial charge is 0.507 e. The summed E-state index contributed by atoms with van der Waals surface area (Å²) in [5.74, 6) is 0.581. The maximum Gasteiger partial charge on any atom is 0.276 e.